The van der Waals surface area contributed by atoms with Crippen molar-refractivity contribution < 1.29 is 9.32 Å². The van der Waals surface area contributed by atoms with Crippen molar-refractivity contribution in [3.05, 3.63) is 36.3 Å². The molecule has 110 valence electrons. The van der Waals surface area contributed by atoms with Crippen LogP contribution in [0.2, 0.25) is 0 Å². The van der Waals surface area contributed by atoms with Gasteiger partial charge in [0.1, 0.15) is 0 Å². The molecule has 6 heteroatoms. The van der Waals surface area contributed by atoms with Crippen LogP contribution in [-0.2, 0) is 0 Å². The Morgan fingerprint density at radius 3 is 3.00 bits per heavy atom. The average molecular weight is 286 g/mol. The first-order valence-corrected chi connectivity index (χ1v) is 7.14. The second kappa shape index (κ2) is 6.05. The topological polar surface area (TPSA) is 80.1 Å². The molecule has 0 aliphatic carbocycles. The maximum atomic E-state index is 12.2. The van der Waals surface area contributed by atoms with Gasteiger partial charge in [0.25, 0.3) is 5.91 Å². The highest BCUT2D eigenvalue weighted by molar-refractivity contribution is 5.93. The largest absolute Gasteiger partial charge is 0.355 e. The fourth-order valence-corrected chi connectivity index (χ4v) is 2.56. The van der Waals surface area contributed by atoms with Gasteiger partial charge in [0.2, 0.25) is 0 Å². The van der Waals surface area contributed by atoms with E-state index in [0.717, 1.165) is 24.9 Å². The lowest BCUT2D eigenvalue weighted by Crippen LogP contribution is -2.46. The lowest BCUT2D eigenvalue weighted by Gasteiger charge is -2.28. The van der Waals surface area contributed by atoms with E-state index in [9.17, 15) is 4.79 Å². The predicted octanol–water partition coefficient (Wildman–Crippen LogP) is 1.61. The number of pyridine rings is 1. The summed E-state index contributed by atoms with van der Waals surface area (Å²) >= 11 is 0. The highest BCUT2D eigenvalue weighted by Crippen LogP contribution is 2.19. The molecule has 3 heterocycles. The van der Waals surface area contributed by atoms with Gasteiger partial charge in [0.05, 0.1) is 0 Å². The minimum Gasteiger partial charge on any atom is -0.355 e. The van der Waals surface area contributed by atoms with Crippen LogP contribution < -0.4 is 10.6 Å². The van der Waals surface area contributed by atoms with Crippen LogP contribution in [0.1, 0.15) is 30.3 Å². The SMILES string of the molecule is CC1CC(NC(=O)c2cc(-c3ccncc3)on2)CCN1. The van der Waals surface area contributed by atoms with Gasteiger partial charge >= 0.3 is 0 Å². The Kier molecular flexibility index (Phi) is 3.96. The van der Waals surface area contributed by atoms with Crippen LogP contribution in [0, 0.1) is 0 Å². The Balaban J connectivity index is 1.67. The standard InChI is InChI=1S/C15H18N4O2/c1-10-8-12(4-7-17-10)18-15(20)13-9-14(21-19-13)11-2-5-16-6-3-11/h2-3,5-6,9-10,12,17H,4,7-8H2,1H3,(H,18,20). The van der Waals surface area contributed by atoms with E-state index in [2.05, 4.69) is 27.7 Å². The fraction of sp³-hybridized carbons (Fsp3) is 0.400. The van der Waals surface area contributed by atoms with E-state index in [4.69, 9.17) is 4.52 Å². The first kappa shape index (κ1) is 13.8. The van der Waals surface area contributed by atoms with Crippen LogP contribution in [0.3, 0.4) is 0 Å². The van der Waals surface area contributed by atoms with Crippen molar-refractivity contribution in [1.29, 1.82) is 0 Å². The summed E-state index contributed by atoms with van der Waals surface area (Å²) in [6.07, 6.45) is 5.22. The quantitative estimate of drug-likeness (QED) is 0.896. The highest BCUT2D eigenvalue weighted by atomic mass is 16.5. The van der Waals surface area contributed by atoms with Gasteiger partial charge in [-0.3, -0.25) is 9.78 Å². The molecular weight excluding hydrogens is 268 g/mol. The third kappa shape index (κ3) is 3.28. The summed E-state index contributed by atoms with van der Waals surface area (Å²) in [5.41, 5.74) is 1.17. The average Bonchev–Trinajstić information content (AvgIpc) is 2.98. The first-order valence-electron chi connectivity index (χ1n) is 7.14. The number of aromatic nitrogens is 2. The number of carbonyl (C=O) groups is 1. The van der Waals surface area contributed by atoms with Crippen LogP contribution >= 0.6 is 0 Å². The van der Waals surface area contributed by atoms with Gasteiger partial charge in [-0.2, -0.15) is 0 Å². The molecule has 1 saturated heterocycles. The fourth-order valence-electron chi connectivity index (χ4n) is 2.56. The molecule has 2 unspecified atom stereocenters. The van der Waals surface area contributed by atoms with Gasteiger partial charge in [0, 0.05) is 36.1 Å². The van der Waals surface area contributed by atoms with Crippen molar-refractivity contribution in [2.75, 3.05) is 6.54 Å². The minimum absolute atomic E-state index is 0.182. The Bertz CT molecular complexity index is 611. The summed E-state index contributed by atoms with van der Waals surface area (Å²) in [4.78, 5) is 16.1. The second-order valence-electron chi connectivity index (χ2n) is 5.36. The molecule has 2 atom stereocenters. The maximum absolute atomic E-state index is 12.2. The normalized spacial score (nSPS) is 22.0. The van der Waals surface area contributed by atoms with E-state index in [0.29, 0.717) is 17.5 Å². The van der Waals surface area contributed by atoms with Gasteiger partial charge in [0.15, 0.2) is 11.5 Å². The molecule has 0 radical (unpaired) electrons. The molecule has 2 N–H and O–H groups in total. The number of rotatable bonds is 3. The molecule has 0 aromatic carbocycles. The van der Waals surface area contributed by atoms with Gasteiger partial charge in [-0.25, -0.2) is 0 Å². The molecule has 2 aromatic heterocycles. The van der Waals surface area contributed by atoms with Crippen LogP contribution in [0.15, 0.2) is 35.1 Å². The number of hydrogen-bond donors (Lipinski definition) is 2. The summed E-state index contributed by atoms with van der Waals surface area (Å²) in [6, 6.07) is 5.91. The van der Waals surface area contributed by atoms with Crippen LogP contribution in [0.25, 0.3) is 11.3 Å². The number of nitrogens with zero attached hydrogens (tertiary/aromatic N) is 2. The minimum atomic E-state index is -0.182. The Morgan fingerprint density at radius 2 is 2.24 bits per heavy atom. The molecule has 0 bridgehead atoms. The van der Waals surface area contributed by atoms with Gasteiger partial charge in [-0.15, -0.1) is 0 Å². The molecule has 2 aromatic rings. The second-order valence-corrected chi connectivity index (χ2v) is 5.36. The highest BCUT2D eigenvalue weighted by Gasteiger charge is 2.22. The third-order valence-electron chi connectivity index (χ3n) is 3.67. The number of piperidine rings is 1. The Hall–Kier alpha value is -2.21. The molecule has 1 aliphatic rings. The smallest absolute Gasteiger partial charge is 0.273 e. The van der Waals surface area contributed by atoms with Gasteiger partial charge in [-0.1, -0.05) is 5.16 Å². The summed E-state index contributed by atoms with van der Waals surface area (Å²) in [6.45, 7) is 3.04. The van der Waals surface area contributed by atoms with Crippen LogP contribution in [-0.4, -0.2) is 34.7 Å². The van der Waals surface area contributed by atoms with E-state index >= 15 is 0 Å². The van der Waals surface area contributed by atoms with E-state index in [1.807, 2.05) is 12.1 Å². The summed E-state index contributed by atoms with van der Waals surface area (Å²) < 4.78 is 5.23. The summed E-state index contributed by atoms with van der Waals surface area (Å²) in [5, 5.41) is 10.2. The number of nitrogens with one attached hydrogen (secondary N) is 2. The van der Waals surface area contributed by atoms with E-state index in [1.54, 1.807) is 18.5 Å². The molecule has 21 heavy (non-hydrogen) atoms. The number of hydrogen-bond acceptors (Lipinski definition) is 5. The number of amides is 1. The first-order chi connectivity index (χ1) is 10.2. The monoisotopic (exact) mass is 286 g/mol. The Labute approximate surface area is 122 Å². The van der Waals surface area contributed by atoms with Crippen molar-refractivity contribution in [2.24, 2.45) is 0 Å². The van der Waals surface area contributed by atoms with E-state index in [1.165, 1.54) is 0 Å². The molecule has 3 rings (SSSR count). The van der Waals surface area contributed by atoms with Crippen LogP contribution in [0.5, 0.6) is 0 Å². The summed E-state index contributed by atoms with van der Waals surface area (Å²) in [7, 11) is 0. The third-order valence-corrected chi connectivity index (χ3v) is 3.67. The predicted molar refractivity (Wildman–Crippen MR) is 77.7 cm³/mol. The number of carbonyl (C=O) groups excluding carboxylic acids is 1. The van der Waals surface area contributed by atoms with Crippen molar-refractivity contribution in [1.82, 2.24) is 20.8 Å². The van der Waals surface area contributed by atoms with Gasteiger partial charge in [-0.05, 0) is 38.4 Å². The molecular formula is C15H18N4O2. The zero-order valence-electron chi connectivity index (χ0n) is 11.9. The molecule has 1 fully saturated rings. The summed E-state index contributed by atoms with van der Waals surface area (Å²) in [5.74, 6) is 0.388. The van der Waals surface area contributed by atoms with Crippen molar-refractivity contribution in [3.63, 3.8) is 0 Å². The molecule has 0 saturated carbocycles. The lowest BCUT2D eigenvalue weighted by atomic mass is 10.0. The molecule has 0 spiro atoms. The molecule has 1 aliphatic heterocycles. The maximum Gasteiger partial charge on any atom is 0.273 e. The van der Waals surface area contributed by atoms with Gasteiger partial charge < -0.3 is 15.2 Å². The van der Waals surface area contributed by atoms with E-state index in [-0.39, 0.29) is 11.9 Å². The lowest BCUT2D eigenvalue weighted by molar-refractivity contribution is 0.0916. The Morgan fingerprint density at radius 1 is 1.43 bits per heavy atom. The molecule has 6 nitrogen and oxygen atoms in total. The van der Waals surface area contributed by atoms with Crippen molar-refractivity contribution in [3.8, 4) is 11.3 Å². The van der Waals surface area contributed by atoms with Crippen molar-refractivity contribution in [2.45, 2.75) is 31.8 Å². The molecule has 1 amide bonds. The van der Waals surface area contributed by atoms with Crippen LogP contribution in [0.4, 0.5) is 0 Å². The zero-order valence-corrected chi connectivity index (χ0v) is 11.9. The van der Waals surface area contributed by atoms with E-state index < -0.39 is 0 Å². The zero-order chi connectivity index (χ0) is 14.7. The van der Waals surface area contributed by atoms with Crippen molar-refractivity contribution >= 4 is 5.91 Å².